The maximum Gasteiger partial charge on any atom is 0.233 e. The van der Waals surface area contributed by atoms with Crippen molar-refractivity contribution in [3.05, 3.63) is 12.3 Å². The summed E-state index contributed by atoms with van der Waals surface area (Å²) < 4.78 is 0. The van der Waals surface area contributed by atoms with Crippen LogP contribution < -0.4 is 11.7 Å². The van der Waals surface area contributed by atoms with Gasteiger partial charge in [0.1, 0.15) is 5.76 Å². The van der Waals surface area contributed by atoms with Crippen LogP contribution in [-0.4, -0.2) is 40.1 Å². The molecule has 1 saturated heterocycles. The van der Waals surface area contributed by atoms with Crippen molar-refractivity contribution in [2.45, 2.75) is 19.4 Å². The first-order valence-corrected chi connectivity index (χ1v) is 4.52. The van der Waals surface area contributed by atoms with E-state index in [1.807, 2.05) is 11.8 Å². The molecule has 14 heavy (non-hydrogen) atoms. The second-order valence-electron chi connectivity index (χ2n) is 3.34. The smallest absolute Gasteiger partial charge is 0.233 e. The summed E-state index contributed by atoms with van der Waals surface area (Å²) in [5, 5.41) is 14.4. The fourth-order valence-corrected chi connectivity index (χ4v) is 1.47. The van der Waals surface area contributed by atoms with E-state index < -0.39 is 0 Å². The van der Waals surface area contributed by atoms with E-state index in [1.54, 1.807) is 0 Å². The van der Waals surface area contributed by atoms with E-state index in [-0.39, 0.29) is 11.8 Å². The molecular weight excluding hydrogens is 182 g/mol. The Balaban J connectivity index is 2.80. The van der Waals surface area contributed by atoms with Crippen molar-refractivity contribution < 1.29 is 5.11 Å². The van der Waals surface area contributed by atoms with E-state index in [1.165, 1.54) is 5.01 Å². The van der Waals surface area contributed by atoms with Gasteiger partial charge in [-0.15, -0.1) is 5.10 Å². The zero-order chi connectivity index (χ0) is 10.7. The average Bonchev–Trinajstić information content (AvgIpc) is 2.16. The standard InChI is InChI=1S/C8H17N5O/c1-6(7(2)14)12-4-3-5-13(10)8(12)11-9/h6,14H,2-5,9-10H2,1H3/b11-8-. The van der Waals surface area contributed by atoms with Gasteiger partial charge in [-0.05, 0) is 13.3 Å². The first-order chi connectivity index (χ1) is 6.57. The van der Waals surface area contributed by atoms with Crippen LogP contribution in [0, 0.1) is 0 Å². The third kappa shape index (κ3) is 1.90. The molecule has 1 aliphatic rings. The van der Waals surface area contributed by atoms with Crippen LogP contribution in [-0.2, 0) is 0 Å². The predicted molar refractivity (Wildman–Crippen MR) is 55.1 cm³/mol. The Morgan fingerprint density at radius 3 is 2.79 bits per heavy atom. The molecule has 1 unspecified atom stereocenters. The lowest BCUT2D eigenvalue weighted by Gasteiger charge is -2.38. The number of hydrogen-bond acceptors (Lipinski definition) is 4. The molecule has 0 radical (unpaired) electrons. The fraction of sp³-hybridized carbons (Fsp3) is 0.625. The third-order valence-electron chi connectivity index (χ3n) is 2.38. The van der Waals surface area contributed by atoms with Gasteiger partial charge in [0.2, 0.25) is 5.96 Å². The van der Waals surface area contributed by atoms with Crippen molar-refractivity contribution in [1.29, 1.82) is 0 Å². The molecule has 6 nitrogen and oxygen atoms in total. The number of rotatable bonds is 2. The molecule has 0 bridgehead atoms. The summed E-state index contributed by atoms with van der Waals surface area (Å²) in [5.74, 6) is 11.5. The number of hydrazine groups is 1. The molecule has 0 saturated carbocycles. The van der Waals surface area contributed by atoms with Crippen LogP contribution in [0.1, 0.15) is 13.3 Å². The normalized spacial score (nSPS) is 22.6. The molecule has 1 heterocycles. The molecule has 1 aliphatic heterocycles. The summed E-state index contributed by atoms with van der Waals surface area (Å²) in [5.41, 5.74) is 0. The Morgan fingerprint density at radius 2 is 2.29 bits per heavy atom. The fourth-order valence-electron chi connectivity index (χ4n) is 1.47. The lowest BCUT2D eigenvalue weighted by molar-refractivity contribution is 0.202. The van der Waals surface area contributed by atoms with Gasteiger partial charge in [-0.25, -0.2) is 5.84 Å². The molecule has 1 fully saturated rings. The minimum absolute atomic E-state index is 0.0847. The van der Waals surface area contributed by atoms with Crippen LogP contribution in [0.4, 0.5) is 0 Å². The molecule has 0 aromatic carbocycles. The lowest BCUT2D eigenvalue weighted by atomic mass is 10.2. The zero-order valence-corrected chi connectivity index (χ0v) is 8.35. The van der Waals surface area contributed by atoms with Gasteiger partial charge in [-0.1, -0.05) is 6.58 Å². The summed E-state index contributed by atoms with van der Waals surface area (Å²) in [4.78, 5) is 1.83. The van der Waals surface area contributed by atoms with Crippen molar-refractivity contribution in [2.75, 3.05) is 13.1 Å². The van der Waals surface area contributed by atoms with Gasteiger partial charge < -0.3 is 15.8 Å². The molecular formula is C8H17N5O. The van der Waals surface area contributed by atoms with Crippen molar-refractivity contribution in [1.82, 2.24) is 9.91 Å². The van der Waals surface area contributed by atoms with Crippen molar-refractivity contribution in [3.8, 4) is 0 Å². The van der Waals surface area contributed by atoms with Gasteiger partial charge in [0.25, 0.3) is 0 Å². The molecule has 6 heteroatoms. The minimum Gasteiger partial charge on any atom is -0.511 e. The highest BCUT2D eigenvalue weighted by Gasteiger charge is 2.26. The monoisotopic (exact) mass is 199 g/mol. The number of nitrogens with zero attached hydrogens (tertiary/aromatic N) is 3. The third-order valence-corrected chi connectivity index (χ3v) is 2.38. The molecule has 80 valence electrons. The van der Waals surface area contributed by atoms with Crippen LogP contribution >= 0.6 is 0 Å². The highest BCUT2D eigenvalue weighted by molar-refractivity contribution is 5.80. The molecule has 1 atom stereocenters. The summed E-state index contributed by atoms with van der Waals surface area (Å²) in [6, 6.07) is -0.219. The predicted octanol–water partition coefficient (Wildman–Crippen LogP) is -0.442. The molecule has 0 aliphatic carbocycles. The zero-order valence-electron chi connectivity index (χ0n) is 8.35. The molecule has 5 N–H and O–H groups in total. The van der Waals surface area contributed by atoms with Crippen LogP contribution in [0.2, 0.25) is 0 Å². The summed E-state index contributed by atoms with van der Waals surface area (Å²) in [7, 11) is 0. The van der Waals surface area contributed by atoms with Crippen LogP contribution in [0.25, 0.3) is 0 Å². The van der Waals surface area contributed by atoms with Gasteiger partial charge in [-0.2, -0.15) is 0 Å². The van der Waals surface area contributed by atoms with Crippen LogP contribution in [0.3, 0.4) is 0 Å². The maximum atomic E-state index is 9.28. The molecule has 1 rings (SSSR count). The van der Waals surface area contributed by atoms with Gasteiger partial charge >= 0.3 is 0 Å². The van der Waals surface area contributed by atoms with Crippen molar-refractivity contribution in [2.24, 2.45) is 16.8 Å². The molecule has 0 amide bonds. The molecule has 0 aromatic rings. The van der Waals surface area contributed by atoms with E-state index in [9.17, 15) is 5.11 Å². The van der Waals surface area contributed by atoms with E-state index in [0.29, 0.717) is 5.96 Å². The summed E-state index contributed by atoms with van der Waals surface area (Å²) >= 11 is 0. The van der Waals surface area contributed by atoms with E-state index >= 15 is 0 Å². The van der Waals surface area contributed by atoms with Crippen molar-refractivity contribution in [3.63, 3.8) is 0 Å². The topological polar surface area (TPSA) is 91.1 Å². The maximum absolute atomic E-state index is 9.28. The Bertz CT molecular complexity index is 252. The highest BCUT2D eigenvalue weighted by atomic mass is 16.3. The number of hydrazone groups is 1. The summed E-state index contributed by atoms with van der Waals surface area (Å²) in [6.45, 7) is 6.80. The Labute approximate surface area is 83.4 Å². The van der Waals surface area contributed by atoms with E-state index in [2.05, 4.69) is 11.7 Å². The van der Waals surface area contributed by atoms with E-state index in [4.69, 9.17) is 11.7 Å². The number of aliphatic hydroxyl groups excluding tert-OH is 1. The largest absolute Gasteiger partial charge is 0.511 e. The van der Waals surface area contributed by atoms with Crippen LogP contribution in [0.15, 0.2) is 17.4 Å². The first kappa shape index (κ1) is 10.6. The second-order valence-corrected chi connectivity index (χ2v) is 3.34. The van der Waals surface area contributed by atoms with Gasteiger partial charge in [0, 0.05) is 13.1 Å². The number of aliphatic hydroxyl groups is 1. The number of nitrogens with two attached hydrogens (primary N) is 2. The highest BCUT2D eigenvalue weighted by Crippen LogP contribution is 2.13. The number of guanidine groups is 1. The van der Waals surface area contributed by atoms with Gasteiger partial charge in [-0.3, -0.25) is 5.01 Å². The van der Waals surface area contributed by atoms with Gasteiger partial charge in [0.15, 0.2) is 0 Å². The Kier molecular flexibility index (Phi) is 3.19. The van der Waals surface area contributed by atoms with Gasteiger partial charge in [0.05, 0.1) is 6.04 Å². The minimum atomic E-state index is -0.219. The van der Waals surface area contributed by atoms with E-state index in [0.717, 1.165) is 19.5 Å². The quantitative estimate of drug-likeness (QED) is 0.318. The lowest BCUT2D eigenvalue weighted by Crippen LogP contribution is -2.56. The number of hydrogen-bond donors (Lipinski definition) is 3. The Hall–Kier alpha value is -1.43. The average molecular weight is 199 g/mol. The molecule has 0 spiro atoms. The second kappa shape index (κ2) is 4.19. The Morgan fingerprint density at radius 1 is 1.64 bits per heavy atom. The SMILES string of the molecule is C=C(O)C(C)N1CCCN(N)/C1=N\N. The van der Waals surface area contributed by atoms with Crippen molar-refractivity contribution >= 4 is 5.96 Å². The first-order valence-electron chi connectivity index (χ1n) is 4.52. The van der Waals surface area contributed by atoms with Crippen LogP contribution in [0.5, 0.6) is 0 Å². The summed E-state index contributed by atoms with van der Waals surface area (Å²) in [6.07, 6.45) is 0.910. The molecule has 0 aromatic heterocycles.